The van der Waals surface area contributed by atoms with Crippen molar-refractivity contribution in [3.8, 4) is 11.1 Å². The first-order chi connectivity index (χ1) is 18.6. The molecule has 0 radical (unpaired) electrons. The van der Waals surface area contributed by atoms with E-state index < -0.39 is 31.4 Å². The van der Waals surface area contributed by atoms with Crippen LogP contribution in [0.4, 0.5) is 32.0 Å². The smallest absolute Gasteiger partial charge is 0.378 e. The fraction of sp³-hybridized carbons (Fsp3) is 0.481. The monoisotopic (exact) mass is 552 g/mol. The highest BCUT2D eigenvalue weighted by Crippen LogP contribution is 2.40. The first-order valence-electron chi connectivity index (χ1n) is 12.9. The van der Waals surface area contributed by atoms with Crippen LogP contribution >= 0.6 is 0 Å². The van der Waals surface area contributed by atoms with Crippen LogP contribution in [0, 0.1) is 0 Å². The van der Waals surface area contributed by atoms with Gasteiger partial charge < -0.3 is 5.32 Å². The number of aromatic nitrogens is 3. The van der Waals surface area contributed by atoms with Gasteiger partial charge in [0, 0.05) is 37.4 Å². The van der Waals surface area contributed by atoms with E-state index >= 15 is 0 Å². The van der Waals surface area contributed by atoms with Gasteiger partial charge in [0.05, 0.1) is 49.1 Å². The largest absolute Gasteiger partial charge is 0.401 e. The zero-order chi connectivity index (χ0) is 27.7. The molecule has 1 saturated heterocycles. The van der Waals surface area contributed by atoms with Crippen LogP contribution < -0.4 is 5.32 Å². The van der Waals surface area contributed by atoms with Gasteiger partial charge in [-0.2, -0.15) is 27.1 Å². The summed E-state index contributed by atoms with van der Waals surface area (Å²) >= 11 is 0. The summed E-state index contributed by atoms with van der Waals surface area (Å²) in [4.78, 5) is 8.14. The van der Waals surface area contributed by atoms with Crippen molar-refractivity contribution in [2.24, 2.45) is 0 Å². The Bertz CT molecular complexity index is 1250. The average molecular weight is 553 g/mol. The molecule has 1 aromatic carbocycles. The first kappa shape index (κ1) is 27.4. The maximum Gasteiger partial charge on any atom is 0.401 e. The van der Waals surface area contributed by atoms with Crippen molar-refractivity contribution in [2.75, 3.05) is 38.2 Å². The fourth-order valence-corrected chi connectivity index (χ4v) is 5.49. The maximum atomic E-state index is 13.6. The second kappa shape index (κ2) is 11.2. The number of benzene rings is 1. The van der Waals surface area contributed by atoms with Crippen LogP contribution in [0.1, 0.15) is 42.8 Å². The van der Waals surface area contributed by atoms with Crippen LogP contribution in [-0.4, -0.2) is 75.7 Å². The van der Waals surface area contributed by atoms with E-state index in [1.807, 2.05) is 12.1 Å². The highest BCUT2D eigenvalue weighted by molar-refractivity contribution is 5.64. The van der Waals surface area contributed by atoms with E-state index in [1.54, 1.807) is 31.3 Å². The van der Waals surface area contributed by atoms with Crippen molar-refractivity contribution in [3.63, 3.8) is 0 Å². The van der Waals surface area contributed by atoms with E-state index in [9.17, 15) is 26.3 Å². The Kier molecular flexibility index (Phi) is 7.86. The minimum Gasteiger partial charge on any atom is -0.378 e. The molecule has 4 heterocycles. The third-order valence-electron chi connectivity index (χ3n) is 7.35. The SMILES string of the molecule is C[C@H]1Cc2cc(-c3cnn(C(F)F)c3)ccc2[C@H](c2ccc(NC3CN(CCCF)C3)cn2)N1CC(F)(F)F. The number of rotatable bonds is 9. The number of likely N-dealkylation sites (tertiary alicyclic amines) is 1. The van der Waals surface area contributed by atoms with Gasteiger partial charge in [-0.25, -0.2) is 4.68 Å². The van der Waals surface area contributed by atoms with Crippen LogP contribution in [0.15, 0.2) is 48.9 Å². The molecule has 0 bridgehead atoms. The van der Waals surface area contributed by atoms with Gasteiger partial charge >= 0.3 is 12.7 Å². The number of fused-ring (bicyclic) bond motifs is 1. The molecule has 0 amide bonds. The molecule has 0 spiro atoms. The molecule has 5 rings (SSSR count). The number of hydrogen-bond donors (Lipinski definition) is 1. The van der Waals surface area contributed by atoms with Crippen LogP contribution in [-0.2, 0) is 6.42 Å². The summed E-state index contributed by atoms with van der Waals surface area (Å²) in [6, 6.07) is 7.95. The second-order valence-corrected chi connectivity index (χ2v) is 10.3. The Morgan fingerprint density at radius 2 is 1.87 bits per heavy atom. The molecule has 12 heteroatoms. The lowest BCUT2D eigenvalue weighted by molar-refractivity contribution is -0.155. The average Bonchev–Trinajstić information content (AvgIpc) is 3.36. The number of alkyl halides is 6. The van der Waals surface area contributed by atoms with Gasteiger partial charge in [0.15, 0.2) is 0 Å². The summed E-state index contributed by atoms with van der Waals surface area (Å²) in [5, 5.41) is 7.06. The maximum absolute atomic E-state index is 13.6. The zero-order valence-electron chi connectivity index (χ0n) is 21.4. The van der Waals surface area contributed by atoms with Gasteiger partial charge in [0.1, 0.15) is 0 Å². The molecular formula is C27H30F6N6. The minimum absolute atomic E-state index is 0.210. The van der Waals surface area contributed by atoms with Crippen molar-refractivity contribution in [1.82, 2.24) is 24.6 Å². The number of hydrogen-bond acceptors (Lipinski definition) is 5. The number of pyridine rings is 1. The molecule has 0 saturated carbocycles. The van der Waals surface area contributed by atoms with Gasteiger partial charge in [-0.15, -0.1) is 0 Å². The van der Waals surface area contributed by atoms with E-state index in [0.717, 1.165) is 30.9 Å². The first-order valence-corrected chi connectivity index (χ1v) is 12.9. The van der Waals surface area contributed by atoms with E-state index in [2.05, 4.69) is 20.3 Å². The number of nitrogens with zero attached hydrogens (tertiary/aromatic N) is 5. The van der Waals surface area contributed by atoms with E-state index in [4.69, 9.17) is 0 Å². The molecule has 0 unspecified atom stereocenters. The van der Waals surface area contributed by atoms with Crippen molar-refractivity contribution < 1.29 is 26.3 Å². The molecule has 1 fully saturated rings. The summed E-state index contributed by atoms with van der Waals surface area (Å²) in [7, 11) is 0. The fourth-order valence-electron chi connectivity index (χ4n) is 5.49. The lowest BCUT2D eigenvalue weighted by atomic mass is 9.85. The summed E-state index contributed by atoms with van der Waals surface area (Å²) < 4.78 is 79.8. The molecule has 2 aliphatic heterocycles. The number of anilines is 1. The third-order valence-corrected chi connectivity index (χ3v) is 7.35. The molecule has 39 heavy (non-hydrogen) atoms. The normalized spacial score (nSPS) is 20.7. The Morgan fingerprint density at radius 1 is 1.08 bits per heavy atom. The lowest BCUT2D eigenvalue weighted by Crippen LogP contribution is -2.54. The molecule has 0 aliphatic carbocycles. The van der Waals surface area contributed by atoms with Gasteiger partial charge in [0.25, 0.3) is 0 Å². The second-order valence-electron chi connectivity index (χ2n) is 10.3. The van der Waals surface area contributed by atoms with Crippen molar-refractivity contribution >= 4 is 5.69 Å². The van der Waals surface area contributed by atoms with Gasteiger partial charge in [-0.05, 0) is 48.6 Å². The Labute approximate surface area is 222 Å². The van der Waals surface area contributed by atoms with Crippen LogP contribution in [0.5, 0.6) is 0 Å². The van der Waals surface area contributed by atoms with E-state index in [0.29, 0.717) is 39.9 Å². The molecule has 2 aliphatic rings. The third kappa shape index (κ3) is 6.22. The van der Waals surface area contributed by atoms with Gasteiger partial charge in [-0.3, -0.25) is 19.2 Å². The van der Waals surface area contributed by atoms with Crippen LogP contribution in [0.3, 0.4) is 0 Å². The van der Waals surface area contributed by atoms with E-state index in [1.165, 1.54) is 17.3 Å². The zero-order valence-corrected chi connectivity index (χ0v) is 21.4. The lowest BCUT2D eigenvalue weighted by Gasteiger charge is -2.42. The van der Waals surface area contributed by atoms with Crippen LogP contribution in [0.25, 0.3) is 11.1 Å². The summed E-state index contributed by atoms with van der Waals surface area (Å²) in [6.45, 7) is -0.107. The standard InChI is InChI=1S/C27H30F6N6/c1-17-9-19-10-18(20-11-35-39(13-20)26(29)30)3-5-23(19)25(38(17)16-27(31,32)33)24-6-4-21(12-34-24)36-22-14-37(15-22)8-2-7-28/h3-6,10-13,17,22,25-26,36H,2,7-9,14-16H2,1H3/t17-,25+/m0/s1. The van der Waals surface area contributed by atoms with Crippen LogP contribution in [0.2, 0.25) is 0 Å². The van der Waals surface area contributed by atoms with Crippen molar-refractivity contribution in [2.45, 2.75) is 50.6 Å². The van der Waals surface area contributed by atoms with Gasteiger partial charge in [0.2, 0.25) is 0 Å². The quantitative estimate of drug-likeness (QED) is 0.346. The number of halogens is 6. The molecular weight excluding hydrogens is 522 g/mol. The highest BCUT2D eigenvalue weighted by atomic mass is 19.4. The van der Waals surface area contributed by atoms with Crippen molar-refractivity contribution in [1.29, 1.82) is 0 Å². The van der Waals surface area contributed by atoms with E-state index in [-0.39, 0.29) is 12.7 Å². The Morgan fingerprint density at radius 3 is 2.51 bits per heavy atom. The highest BCUT2D eigenvalue weighted by Gasteiger charge is 2.41. The summed E-state index contributed by atoms with van der Waals surface area (Å²) in [6.07, 6.45) is 0.731. The topological polar surface area (TPSA) is 49.2 Å². The molecule has 210 valence electrons. The molecule has 1 N–H and O–H groups in total. The predicted octanol–water partition coefficient (Wildman–Crippen LogP) is 5.69. The molecule has 2 aromatic heterocycles. The molecule has 3 aromatic rings. The minimum atomic E-state index is -4.40. The number of nitrogens with one attached hydrogen (secondary N) is 1. The molecule has 6 nitrogen and oxygen atoms in total. The molecule has 2 atom stereocenters. The Hall–Kier alpha value is -3.12. The summed E-state index contributed by atoms with van der Waals surface area (Å²) in [5.74, 6) is 0. The predicted molar refractivity (Wildman–Crippen MR) is 135 cm³/mol. The summed E-state index contributed by atoms with van der Waals surface area (Å²) in [5.41, 5.74) is 4.00. The van der Waals surface area contributed by atoms with Crippen molar-refractivity contribution in [3.05, 3.63) is 65.7 Å². The Balaban J connectivity index is 1.40. The van der Waals surface area contributed by atoms with Gasteiger partial charge in [-0.1, -0.05) is 18.2 Å².